The van der Waals surface area contributed by atoms with Crippen LogP contribution in [0.2, 0.25) is 0 Å². The summed E-state index contributed by atoms with van der Waals surface area (Å²) in [6.45, 7) is 8.09. The van der Waals surface area contributed by atoms with E-state index < -0.39 is 60.4 Å². The second-order valence-electron chi connectivity index (χ2n) is 16.8. The summed E-state index contributed by atoms with van der Waals surface area (Å²) in [5, 5.41) is 21.8. The number of nitrogens with zero attached hydrogens (tertiary/aromatic N) is 6. The van der Waals surface area contributed by atoms with Gasteiger partial charge in [-0.1, -0.05) is 129 Å². The van der Waals surface area contributed by atoms with Crippen molar-refractivity contribution in [1.29, 1.82) is 10.5 Å². The van der Waals surface area contributed by atoms with Crippen LogP contribution in [0.3, 0.4) is 0 Å². The van der Waals surface area contributed by atoms with Crippen molar-refractivity contribution in [2.45, 2.75) is 26.2 Å². The molecule has 0 aliphatic carbocycles. The van der Waals surface area contributed by atoms with Crippen molar-refractivity contribution in [1.82, 2.24) is 9.55 Å². The topological polar surface area (TPSA) is 81.1 Å². The Morgan fingerprint density at radius 3 is 2.06 bits per heavy atom. The van der Waals surface area contributed by atoms with Crippen molar-refractivity contribution in [3.8, 4) is 62.8 Å². The number of nitriles is 2. The molecule has 0 atom stereocenters. The molecule has 11 rings (SSSR count). The monoisotopic (exact) mass is 1070 g/mol. The summed E-state index contributed by atoms with van der Waals surface area (Å²) in [7, 11) is 0. The molecule has 68 heavy (non-hydrogen) atoms. The van der Waals surface area contributed by atoms with Crippen LogP contribution in [0.4, 0.5) is 22.7 Å². The minimum atomic E-state index is -0.605. The Balaban J connectivity index is 0.00000688. The third kappa shape index (κ3) is 7.88. The van der Waals surface area contributed by atoms with E-state index in [-0.39, 0.29) is 54.4 Å². The Morgan fingerprint density at radius 2 is 1.34 bits per heavy atom. The number of hydrogen-bond acceptors (Lipinski definition) is 6. The van der Waals surface area contributed by atoms with Crippen molar-refractivity contribution >= 4 is 44.6 Å². The normalized spacial score (nSPS) is 14.1. The second kappa shape index (κ2) is 17.9. The van der Waals surface area contributed by atoms with Gasteiger partial charge in [-0.2, -0.15) is 22.7 Å². The zero-order valence-corrected chi connectivity index (χ0v) is 38.9. The summed E-state index contributed by atoms with van der Waals surface area (Å²) in [6, 6.07) is 41.7. The van der Waals surface area contributed by atoms with E-state index in [1.807, 2.05) is 65.2 Å². The van der Waals surface area contributed by atoms with Crippen LogP contribution in [-0.2, 0) is 26.5 Å². The number of aromatic nitrogens is 2. The molecule has 0 fully saturated rings. The predicted octanol–water partition coefficient (Wildman–Crippen LogP) is 15.0. The maximum absolute atomic E-state index is 10.2. The molecular weight excluding hydrogens is 1020 g/mol. The number of pyridine rings is 1. The first kappa shape index (κ1) is 33.3. The molecule has 0 unspecified atom stereocenters. The Hall–Kier alpha value is -8.22. The average molecular weight is 1070 g/mol. The molecule has 0 spiro atoms. The second-order valence-corrected chi connectivity index (χ2v) is 16.8. The number of anilines is 4. The molecule has 0 bridgehead atoms. The van der Waals surface area contributed by atoms with Crippen LogP contribution in [0.25, 0.3) is 61.0 Å². The minimum absolute atomic E-state index is 0. The molecule has 3 heterocycles. The van der Waals surface area contributed by atoms with Gasteiger partial charge in [-0.25, -0.2) is 4.98 Å². The first-order valence-electron chi connectivity index (χ1n) is 26.3. The van der Waals surface area contributed by atoms with Crippen molar-refractivity contribution < 1.29 is 39.5 Å². The molecule has 0 saturated heterocycles. The number of para-hydroxylation sites is 1. The van der Waals surface area contributed by atoms with Crippen molar-refractivity contribution in [2.24, 2.45) is 0 Å². The van der Waals surface area contributed by atoms with Gasteiger partial charge in [0.15, 0.2) is 0 Å². The number of ether oxygens (including phenoxy) is 1. The van der Waals surface area contributed by atoms with Gasteiger partial charge in [-0.15, -0.1) is 48.1 Å². The smallest absolute Gasteiger partial charge is 0.135 e. The van der Waals surface area contributed by atoms with E-state index >= 15 is 0 Å². The average Bonchev–Trinajstić information content (AvgIpc) is 4.11. The van der Waals surface area contributed by atoms with Gasteiger partial charge in [0, 0.05) is 72.5 Å². The summed E-state index contributed by atoms with van der Waals surface area (Å²) in [5.74, 6) is 1.32. The van der Waals surface area contributed by atoms with Gasteiger partial charge in [0.25, 0.3) is 0 Å². The van der Waals surface area contributed by atoms with E-state index in [1.54, 1.807) is 83.3 Å². The van der Waals surface area contributed by atoms with Gasteiger partial charge in [0.05, 0.1) is 37.0 Å². The van der Waals surface area contributed by atoms with E-state index in [0.29, 0.717) is 62.1 Å². The zero-order valence-electron chi connectivity index (χ0n) is 46.6. The summed E-state index contributed by atoms with van der Waals surface area (Å²) in [6.07, 6.45) is 1.78. The third-order valence-electron chi connectivity index (χ3n) is 11.8. The standard InChI is InChI=1S/C60H41N6O.Pt/c1-60(2,3)45-30-31-63-58(34-45)66-54-28-24-40(37-61)32-53(54)52-27-26-48(36-56(52)66)67-47-20-12-19-46(35-47)64-39-65(57-33-43(25-29-55(57)64)49-21-11-10-18-44(49)38-62)59-50(41-14-6-4-7-15-41)22-13-23-51(59)42-16-8-5-9-17-42;/h4-34,39H,1-3H3;/q-3;/i4D,5D,6D,7D,8D,9D,14D,15D,16D,17D;. The van der Waals surface area contributed by atoms with E-state index in [0.717, 1.165) is 21.9 Å². The molecule has 0 radical (unpaired) electrons. The summed E-state index contributed by atoms with van der Waals surface area (Å²) < 4.78 is 96.8. The van der Waals surface area contributed by atoms with E-state index in [1.165, 1.54) is 0 Å². The molecule has 7 nitrogen and oxygen atoms in total. The SMILES string of the molecule is [2H]c1c([2H])c([2H])c(-c2cccc(-c3c([2H])c([2H])c([2H])c([2H])c3[2H])c2N2[CH-]N(c3[c-]c(Oc4[c-]c5c(cc4)c4cc(C#N)ccc4n5-c4cc(C(C)(C)C)ccn4)ccc3)c3ccc(-c4ccccc4C#N)cc32)c([2H])c1[2H].[Pt]. The summed E-state index contributed by atoms with van der Waals surface area (Å²) >= 11 is 0. The van der Waals surface area contributed by atoms with Crippen LogP contribution < -0.4 is 14.5 Å². The molecule has 10 aromatic rings. The van der Waals surface area contributed by atoms with Gasteiger partial charge in [-0.05, 0) is 87.1 Å². The van der Waals surface area contributed by atoms with Gasteiger partial charge in [-0.3, -0.25) is 0 Å². The predicted molar refractivity (Wildman–Crippen MR) is 269 cm³/mol. The molecule has 330 valence electrons. The molecule has 0 saturated carbocycles. The van der Waals surface area contributed by atoms with E-state index in [9.17, 15) is 10.5 Å². The largest absolute Gasteiger partial charge is 0.509 e. The quantitative estimate of drug-likeness (QED) is 0.141. The maximum atomic E-state index is 10.2. The van der Waals surface area contributed by atoms with Crippen LogP contribution in [-0.4, -0.2) is 9.55 Å². The first-order chi connectivity index (χ1) is 36.9. The first-order valence-corrected chi connectivity index (χ1v) is 21.3. The number of rotatable bonds is 8. The Labute approximate surface area is 424 Å². The summed E-state index contributed by atoms with van der Waals surface area (Å²) in [4.78, 5) is 8.29. The summed E-state index contributed by atoms with van der Waals surface area (Å²) in [5.41, 5.74) is 5.99. The fourth-order valence-electron chi connectivity index (χ4n) is 8.56. The fourth-order valence-corrected chi connectivity index (χ4v) is 8.56. The number of benzene rings is 8. The number of fused-ring (bicyclic) bond motifs is 4. The van der Waals surface area contributed by atoms with Crippen LogP contribution >= 0.6 is 0 Å². The third-order valence-corrected chi connectivity index (χ3v) is 11.8. The Kier molecular flexibility index (Phi) is 8.75. The molecule has 2 aromatic heterocycles. The molecular formula is C60H41N6OPt-3. The van der Waals surface area contributed by atoms with Crippen LogP contribution in [0.5, 0.6) is 11.5 Å². The Bertz CT molecular complexity index is 4090. The van der Waals surface area contributed by atoms with Crippen LogP contribution in [0.1, 0.15) is 51.2 Å². The fraction of sp³-hybridized carbons (Fsp3) is 0.0667. The van der Waals surface area contributed by atoms with Crippen molar-refractivity contribution in [3.63, 3.8) is 0 Å². The molecule has 8 aromatic carbocycles. The molecule has 1 aliphatic rings. The number of hydrogen-bond donors (Lipinski definition) is 0. The van der Waals surface area contributed by atoms with Gasteiger partial charge in [0.1, 0.15) is 5.82 Å². The van der Waals surface area contributed by atoms with Crippen molar-refractivity contribution in [2.75, 3.05) is 9.80 Å². The van der Waals surface area contributed by atoms with Gasteiger partial charge < -0.3 is 19.1 Å². The molecule has 0 amide bonds. The van der Waals surface area contributed by atoms with Crippen LogP contribution in [0.15, 0.2) is 188 Å². The van der Waals surface area contributed by atoms with E-state index in [4.69, 9.17) is 23.4 Å². The van der Waals surface area contributed by atoms with Crippen LogP contribution in [0, 0.1) is 41.5 Å². The van der Waals surface area contributed by atoms with Gasteiger partial charge in [0.2, 0.25) is 0 Å². The maximum Gasteiger partial charge on any atom is 0.135 e. The minimum Gasteiger partial charge on any atom is -0.509 e. The van der Waals surface area contributed by atoms with Crippen molar-refractivity contribution in [3.05, 3.63) is 223 Å². The van der Waals surface area contributed by atoms with E-state index in [2.05, 4.69) is 45.0 Å². The Morgan fingerprint density at radius 1 is 0.632 bits per heavy atom. The molecule has 8 heteroatoms. The molecule has 0 N–H and O–H groups in total. The van der Waals surface area contributed by atoms with Gasteiger partial charge >= 0.3 is 0 Å². The zero-order chi connectivity index (χ0) is 54.4. The molecule has 1 aliphatic heterocycles.